The Labute approximate surface area is 159 Å². The number of anilines is 1. The van der Waals surface area contributed by atoms with Crippen molar-refractivity contribution < 1.29 is 17.6 Å². The summed E-state index contributed by atoms with van der Waals surface area (Å²) in [5.74, 6) is -1.02. The summed E-state index contributed by atoms with van der Waals surface area (Å²) in [5.41, 5.74) is 0.246. The van der Waals surface area contributed by atoms with Crippen LogP contribution in [0.5, 0.6) is 0 Å². The number of aliphatic imine (C=N–C) groups is 1. The lowest BCUT2D eigenvalue weighted by Gasteiger charge is -2.25. The quantitative estimate of drug-likeness (QED) is 0.709. The molecular formula is C16H18BrFN2O3S2. The van der Waals surface area contributed by atoms with Gasteiger partial charge in [-0.2, -0.15) is 4.99 Å². The van der Waals surface area contributed by atoms with Gasteiger partial charge in [-0.15, -0.1) is 0 Å². The summed E-state index contributed by atoms with van der Waals surface area (Å²) in [6, 6.07) is 4.18. The van der Waals surface area contributed by atoms with Gasteiger partial charge in [-0.25, -0.2) is 12.8 Å². The summed E-state index contributed by atoms with van der Waals surface area (Å²) in [6.07, 6.45) is 0.661. The maximum absolute atomic E-state index is 14.5. The van der Waals surface area contributed by atoms with Crippen LogP contribution in [0.1, 0.15) is 20.3 Å². The van der Waals surface area contributed by atoms with Crippen molar-refractivity contribution in [2.45, 2.75) is 31.6 Å². The molecule has 1 amide bonds. The van der Waals surface area contributed by atoms with Crippen LogP contribution in [0.2, 0.25) is 0 Å². The minimum atomic E-state index is -3.17. The van der Waals surface area contributed by atoms with Gasteiger partial charge in [0.25, 0.3) is 5.91 Å². The molecule has 2 saturated heterocycles. The SMILES string of the molecule is CC[C@H](C)C(=O)N=C1S[C@H]2CS(=O)(=O)C[C@H]2N1c1ccc(Br)cc1F. The van der Waals surface area contributed by atoms with E-state index in [1.165, 1.54) is 17.8 Å². The maximum atomic E-state index is 14.5. The van der Waals surface area contributed by atoms with E-state index in [0.29, 0.717) is 16.1 Å². The predicted molar refractivity (Wildman–Crippen MR) is 102 cm³/mol. The van der Waals surface area contributed by atoms with Gasteiger partial charge in [0.2, 0.25) is 0 Å². The second-order valence-corrected chi connectivity index (χ2v) is 10.6. The number of sulfone groups is 1. The Morgan fingerprint density at radius 2 is 2.20 bits per heavy atom. The zero-order valence-electron chi connectivity index (χ0n) is 13.8. The third kappa shape index (κ3) is 3.78. The third-order valence-electron chi connectivity index (χ3n) is 4.48. The highest BCUT2D eigenvalue weighted by Gasteiger charge is 2.50. The van der Waals surface area contributed by atoms with E-state index in [0.717, 1.165) is 0 Å². The fraction of sp³-hybridized carbons (Fsp3) is 0.500. The molecule has 2 fully saturated rings. The molecule has 136 valence electrons. The van der Waals surface area contributed by atoms with E-state index < -0.39 is 21.7 Å². The Balaban J connectivity index is 2.04. The fourth-order valence-electron chi connectivity index (χ4n) is 2.90. The molecule has 9 heteroatoms. The molecular weight excluding hydrogens is 431 g/mol. The first-order chi connectivity index (χ1) is 11.7. The Bertz CT molecular complexity index is 844. The number of amides is 1. The smallest absolute Gasteiger partial charge is 0.250 e. The number of carbonyl (C=O) groups is 1. The summed E-state index contributed by atoms with van der Waals surface area (Å²) in [4.78, 5) is 18.0. The van der Waals surface area contributed by atoms with Crippen molar-refractivity contribution in [1.82, 2.24) is 0 Å². The molecule has 25 heavy (non-hydrogen) atoms. The van der Waals surface area contributed by atoms with E-state index in [9.17, 15) is 17.6 Å². The first-order valence-electron chi connectivity index (χ1n) is 7.95. The zero-order chi connectivity index (χ0) is 18.4. The lowest BCUT2D eigenvalue weighted by molar-refractivity contribution is -0.121. The molecule has 0 N–H and O–H groups in total. The van der Waals surface area contributed by atoms with Crippen LogP contribution in [0.4, 0.5) is 10.1 Å². The van der Waals surface area contributed by atoms with Crippen molar-refractivity contribution in [3.8, 4) is 0 Å². The first-order valence-corrected chi connectivity index (χ1v) is 11.4. The van der Waals surface area contributed by atoms with Crippen LogP contribution in [0.25, 0.3) is 0 Å². The average molecular weight is 449 g/mol. The molecule has 0 saturated carbocycles. The monoisotopic (exact) mass is 448 g/mol. The van der Waals surface area contributed by atoms with E-state index in [2.05, 4.69) is 20.9 Å². The zero-order valence-corrected chi connectivity index (χ0v) is 17.0. The summed E-state index contributed by atoms with van der Waals surface area (Å²) in [7, 11) is -3.17. The van der Waals surface area contributed by atoms with Crippen LogP contribution in [0, 0.1) is 11.7 Å². The van der Waals surface area contributed by atoms with Crippen molar-refractivity contribution in [3.63, 3.8) is 0 Å². The van der Waals surface area contributed by atoms with Crippen molar-refractivity contribution in [2.75, 3.05) is 16.4 Å². The lowest BCUT2D eigenvalue weighted by Crippen LogP contribution is -2.38. The summed E-state index contributed by atoms with van der Waals surface area (Å²) >= 11 is 4.47. The molecule has 2 aliphatic heterocycles. The van der Waals surface area contributed by atoms with Crippen LogP contribution >= 0.6 is 27.7 Å². The summed E-state index contributed by atoms with van der Waals surface area (Å²) < 4.78 is 39.1. The van der Waals surface area contributed by atoms with Crippen molar-refractivity contribution >= 4 is 54.3 Å². The van der Waals surface area contributed by atoms with Crippen LogP contribution in [0.3, 0.4) is 0 Å². The van der Waals surface area contributed by atoms with E-state index >= 15 is 0 Å². The molecule has 2 heterocycles. The molecule has 0 unspecified atom stereocenters. The Hall–Kier alpha value is -0.930. The Kier molecular flexibility index (Phi) is 5.28. The normalized spacial score (nSPS) is 27.5. The number of nitrogens with zero attached hydrogens (tertiary/aromatic N) is 2. The van der Waals surface area contributed by atoms with E-state index in [1.54, 1.807) is 24.0 Å². The average Bonchev–Trinajstić information content (AvgIpc) is 2.98. The predicted octanol–water partition coefficient (Wildman–Crippen LogP) is 3.24. The van der Waals surface area contributed by atoms with Crippen LogP contribution in [0.15, 0.2) is 27.7 Å². The third-order valence-corrected chi connectivity index (χ3v) is 8.18. The highest BCUT2D eigenvalue weighted by molar-refractivity contribution is 9.10. The number of benzene rings is 1. The van der Waals surface area contributed by atoms with E-state index in [-0.39, 0.29) is 34.3 Å². The number of amidine groups is 1. The molecule has 0 spiro atoms. The summed E-state index contributed by atoms with van der Waals surface area (Å²) in [5, 5.41) is 0.146. The van der Waals surface area contributed by atoms with Gasteiger partial charge in [-0.05, 0) is 24.6 Å². The van der Waals surface area contributed by atoms with Crippen molar-refractivity contribution in [2.24, 2.45) is 10.9 Å². The van der Waals surface area contributed by atoms with E-state index in [1.807, 2.05) is 6.92 Å². The second kappa shape index (κ2) is 7.00. The van der Waals surface area contributed by atoms with Gasteiger partial charge in [0.05, 0.1) is 23.2 Å². The topological polar surface area (TPSA) is 66.8 Å². The minimum absolute atomic E-state index is 0.0214. The number of halogens is 2. The molecule has 2 aliphatic rings. The molecule has 1 aromatic carbocycles. The van der Waals surface area contributed by atoms with Gasteiger partial charge >= 0.3 is 0 Å². The van der Waals surface area contributed by atoms with Crippen LogP contribution in [-0.4, -0.2) is 42.3 Å². The minimum Gasteiger partial charge on any atom is -0.313 e. The number of rotatable bonds is 3. The Morgan fingerprint density at radius 1 is 1.48 bits per heavy atom. The highest BCUT2D eigenvalue weighted by Crippen LogP contribution is 2.42. The molecule has 0 aliphatic carbocycles. The fourth-order valence-corrected chi connectivity index (χ4v) is 7.15. The molecule has 0 bridgehead atoms. The standard InChI is InChI=1S/C16H18BrFN2O3S2/c1-3-9(2)15(21)19-16-20(12-5-4-10(17)6-11(12)18)13-7-25(22,23)8-14(13)24-16/h4-6,9,13-14H,3,7-8H2,1-2H3/t9-,13+,14-/m0/s1. The number of hydrogen-bond donors (Lipinski definition) is 0. The number of fused-ring (bicyclic) bond motifs is 1. The van der Waals surface area contributed by atoms with Gasteiger partial charge in [0.15, 0.2) is 15.0 Å². The highest BCUT2D eigenvalue weighted by atomic mass is 79.9. The van der Waals surface area contributed by atoms with Gasteiger partial charge in [0, 0.05) is 15.6 Å². The maximum Gasteiger partial charge on any atom is 0.250 e. The largest absolute Gasteiger partial charge is 0.313 e. The summed E-state index contributed by atoms with van der Waals surface area (Å²) in [6.45, 7) is 3.69. The Morgan fingerprint density at radius 3 is 2.84 bits per heavy atom. The second-order valence-electron chi connectivity index (χ2n) is 6.31. The molecule has 3 atom stereocenters. The van der Waals surface area contributed by atoms with Crippen molar-refractivity contribution in [3.05, 3.63) is 28.5 Å². The molecule has 1 aromatic rings. The van der Waals surface area contributed by atoms with Crippen LogP contribution < -0.4 is 4.90 Å². The molecule has 0 radical (unpaired) electrons. The number of carbonyl (C=O) groups excluding carboxylic acids is 1. The number of hydrogen-bond acceptors (Lipinski definition) is 4. The molecule has 3 rings (SSSR count). The number of thioether (sulfide) groups is 1. The van der Waals surface area contributed by atoms with Crippen LogP contribution in [-0.2, 0) is 14.6 Å². The molecule has 0 aromatic heterocycles. The van der Waals surface area contributed by atoms with Crippen molar-refractivity contribution in [1.29, 1.82) is 0 Å². The first kappa shape index (κ1) is 18.8. The molecule has 5 nitrogen and oxygen atoms in total. The van der Waals surface area contributed by atoms with Gasteiger partial charge in [0.1, 0.15) is 5.82 Å². The van der Waals surface area contributed by atoms with Gasteiger partial charge < -0.3 is 4.90 Å². The van der Waals surface area contributed by atoms with Gasteiger partial charge in [-0.3, -0.25) is 4.79 Å². The van der Waals surface area contributed by atoms with Gasteiger partial charge in [-0.1, -0.05) is 41.5 Å². The van der Waals surface area contributed by atoms with E-state index in [4.69, 9.17) is 0 Å². The lowest BCUT2D eigenvalue weighted by atomic mass is 10.1.